The number of hydrogen-bond donors (Lipinski definition) is 0. The zero-order valence-electron chi connectivity index (χ0n) is 12.7. The number of pyridine rings is 1. The lowest BCUT2D eigenvalue weighted by molar-refractivity contribution is 0.293. The Kier molecular flexibility index (Phi) is 4.68. The predicted molar refractivity (Wildman–Crippen MR) is 92.4 cm³/mol. The summed E-state index contributed by atoms with van der Waals surface area (Å²) in [5.74, 6) is 0.553. The van der Waals surface area contributed by atoms with Crippen LogP contribution in [0, 0.1) is 6.92 Å². The fourth-order valence-electron chi connectivity index (χ4n) is 2.17. The van der Waals surface area contributed by atoms with Gasteiger partial charge in [0.15, 0.2) is 0 Å². The summed E-state index contributed by atoms with van der Waals surface area (Å²) in [5.41, 5.74) is 2.60. The summed E-state index contributed by atoms with van der Waals surface area (Å²) < 4.78 is 6.75. The number of ether oxygens (including phenoxy) is 1. The second-order valence-electron chi connectivity index (χ2n) is 5.12. The second kappa shape index (κ2) is 6.72. The number of aromatic nitrogens is 1. The molecule has 0 amide bonds. The maximum Gasteiger partial charge on any atom is 0.213 e. The zero-order valence-corrected chi connectivity index (χ0v) is 15.0. The average molecular weight is 397 g/mol. The van der Waals surface area contributed by atoms with Crippen LogP contribution in [0.5, 0.6) is 5.88 Å². The van der Waals surface area contributed by atoms with Crippen LogP contribution < -0.4 is 9.75 Å². The van der Waals surface area contributed by atoms with Gasteiger partial charge in [-0.05, 0) is 46.3 Å². The van der Waals surface area contributed by atoms with E-state index in [-0.39, 0.29) is 0 Å². The van der Waals surface area contributed by atoms with Crippen LogP contribution in [0.15, 0.2) is 45.3 Å². The third-order valence-corrected chi connectivity index (χ3v) is 4.56. The van der Waals surface area contributed by atoms with Gasteiger partial charge in [-0.2, -0.15) is 0 Å². The Morgan fingerprint density at radius 2 is 2.09 bits per heavy atom. The first-order valence-electron chi connectivity index (χ1n) is 6.98. The molecule has 1 aliphatic heterocycles. The van der Waals surface area contributed by atoms with Crippen molar-refractivity contribution in [1.29, 1.82) is 0 Å². The minimum atomic E-state index is 0.304. The highest BCUT2D eigenvalue weighted by Crippen LogP contribution is 2.30. The smallest absolute Gasteiger partial charge is 0.213 e. The van der Waals surface area contributed by atoms with Gasteiger partial charge in [-0.15, -0.1) is 0 Å². The highest BCUT2D eigenvalue weighted by molar-refractivity contribution is 9.10. The van der Waals surface area contributed by atoms with E-state index in [1.165, 1.54) is 0 Å². The van der Waals surface area contributed by atoms with Crippen molar-refractivity contribution in [3.8, 4) is 5.88 Å². The largest absolute Gasteiger partial charge is 0.473 e. The summed E-state index contributed by atoms with van der Waals surface area (Å²) in [7, 11) is 1.86. The maximum atomic E-state index is 6.35. The molecule has 0 fully saturated rings. The van der Waals surface area contributed by atoms with Crippen LogP contribution in [0.1, 0.15) is 11.3 Å². The van der Waals surface area contributed by atoms with Crippen LogP contribution >= 0.6 is 27.5 Å². The van der Waals surface area contributed by atoms with E-state index in [0.29, 0.717) is 24.2 Å². The summed E-state index contributed by atoms with van der Waals surface area (Å²) in [5, 5.41) is 12.3. The molecule has 0 atom stereocenters. The van der Waals surface area contributed by atoms with Crippen molar-refractivity contribution in [3.63, 3.8) is 0 Å². The maximum absolute atomic E-state index is 6.35. The van der Waals surface area contributed by atoms with Crippen molar-refractivity contribution in [3.05, 3.63) is 51.1 Å². The Morgan fingerprint density at radius 3 is 2.78 bits per heavy atom. The number of benzene rings is 1. The fourth-order valence-corrected chi connectivity index (χ4v) is 2.62. The molecule has 0 spiro atoms. The molecule has 1 aromatic heterocycles. The normalized spacial score (nSPS) is 13.7. The molecule has 0 aliphatic carbocycles. The highest BCUT2D eigenvalue weighted by atomic mass is 79.9. The van der Waals surface area contributed by atoms with E-state index in [4.69, 9.17) is 16.3 Å². The zero-order chi connectivity index (χ0) is 16.4. The number of halogens is 2. The molecule has 8 heteroatoms. The Hall–Kier alpha value is -1.86. The molecule has 6 nitrogen and oxygen atoms in total. The van der Waals surface area contributed by atoms with Gasteiger partial charge >= 0.3 is 0 Å². The van der Waals surface area contributed by atoms with Gasteiger partial charge in [0.2, 0.25) is 5.88 Å². The third-order valence-electron chi connectivity index (χ3n) is 3.37. The molecule has 0 saturated heterocycles. The van der Waals surface area contributed by atoms with E-state index >= 15 is 0 Å². The van der Waals surface area contributed by atoms with Crippen LogP contribution in [0.3, 0.4) is 0 Å². The van der Waals surface area contributed by atoms with Crippen molar-refractivity contribution in [2.75, 3.05) is 18.7 Å². The van der Waals surface area contributed by atoms with Crippen LogP contribution in [-0.2, 0) is 6.61 Å². The Labute approximate surface area is 147 Å². The summed E-state index contributed by atoms with van der Waals surface area (Å²) >= 11 is 9.77. The van der Waals surface area contributed by atoms with E-state index in [1.807, 2.05) is 44.3 Å². The first-order chi connectivity index (χ1) is 11.0. The Morgan fingerprint density at radius 1 is 1.26 bits per heavy atom. The van der Waals surface area contributed by atoms with Gasteiger partial charge in [-0.1, -0.05) is 22.9 Å². The highest BCUT2D eigenvalue weighted by Gasteiger charge is 2.19. The molecule has 2 aromatic rings. The second-order valence-corrected chi connectivity index (χ2v) is 6.38. The molecule has 0 bridgehead atoms. The van der Waals surface area contributed by atoms with Crippen molar-refractivity contribution < 1.29 is 4.74 Å². The summed E-state index contributed by atoms with van der Waals surface area (Å²) in [4.78, 5) is 4.38. The van der Waals surface area contributed by atoms with Crippen molar-refractivity contribution in [1.82, 2.24) is 9.99 Å². The summed E-state index contributed by atoms with van der Waals surface area (Å²) in [6.45, 7) is 2.79. The summed E-state index contributed by atoms with van der Waals surface area (Å²) in [6, 6.07) is 9.40. The number of aryl methyl sites for hydroxylation is 1. The topological polar surface area (TPSA) is 53.3 Å². The van der Waals surface area contributed by atoms with Gasteiger partial charge in [0.1, 0.15) is 13.3 Å². The van der Waals surface area contributed by atoms with Crippen molar-refractivity contribution in [2.45, 2.75) is 13.5 Å². The van der Waals surface area contributed by atoms with Gasteiger partial charge < -0.3 is 4.74 Å². The van der Waals surface area contributed by atoms with E-state index in [0.717, 1.165) is 21.4 Å². The van der Waals surface area contributed by atoms with Crippen LogP contribution in [0.4, 0.5) is 5.69 Å². The first-order valence-corrected chi connectivity index (χ1v) is 8.15. The molecule has 2 heterocycles. The van der Waals surface area contributed by atoms with Gasteiger partial charge in [0.05, 0.1) is 11.4 Å². The SMILES string of the molecule is Cc1nc(OCc2c(Cl)cccc2N2CN(C)N=N2)ccc1Br. The van der Waals surface area contributed by atoms with Crippen LogP contribution in [0.25, 0.3) is 0 Å². The molecule has 120 valence electrons. The lowest BCUT2D eigenvalue weighted by atomic mass is 10.2. The monoisotopic (exact) mass is 395 g/mol. The minimum Gasteiger partial charge on any atom is -0.473 e. The van der Waals surface area contributed by atoms with E-state index in [9.17, 15) is 0 Å². The molecule has 3 rings (SSSR count). The Bertz CT molecular complexity index is 755. The predicted octanol–water partition coefficient (Wildman–Crippen LogP) is 4.38. The molecule has 0 radical (unpaired) electrons. The Balaban J connectivity index is 1.82. The van der Waals surface area contributed by atoms with Gasteiger partial charge in [-0.25, -0.2) is 9.99 Å². The molecule has 23 heavy (non-hydrogen) atoms. The van der Waals surface area contributed by atoms with Crippen molar-refractivity contribution in [2.24, 2.45) is 10.4 Å². The van der Waals surface area contributed by atoms with Crippen LogP contribution in [-0.4, -0.2) is 23.7 Å². The molecule has 1 aliphatic rings. The quantitative estimate of drug-likeness (QED) is 0.770. The molecule has 1 aromatic carbocycles. The fraction of sp³-hybridized carbons (Fsp3) is 0.267. The van der Waals surface area contributed by atoms with Gasteiger partial charge in [-0.3, -0.25) is 5.01 Å². The average Bonchev–Trinajstić information content (AvgIpc) is 2.95. The number of rotatable bonds is 4. The lowest BCUT2D eigenvalue weighted by Crippen LogP contribution is -2.22. The molecule has 0 saturated carbocycles. The molecule has 0 N–H and O–H groups in total. The molecular formula is C15H15BrClN5O. The first kappa shape index (κ1) is 16.0. The molecular weight excluding hydrogens is 382 g/mol. The molecule has 0 unspecified atom stereocenters. The van der Waals surface area contributed by atoms with Crippen molar-refractivity contribution >= 4 is 33.2 Å². The van der Waals surface area contributed by atoms with Gasteiger partial charge in [0, 0.05) is 28.2 Å². The standard InChI is InChI=1S/C15H15BrClN5O/c1-10-12(16)6-7-15(18-10)23-8-11-13(17)4-3-5-14(11)22-9-21(2)19-20-22/h3-7H,8-9H2,1-2H3. The van der Waals surface area contributed by atoms with E-state index < -0.39 is 0 Å². The van der Waals surface area contributed by atoms with E-state index in [2.05, 4.69) is 31.4 Å². The number of hydrogen-bond acceptors (Lipinski definition) is 6. The van der Waals surface area contributed by atoms with Gasteiger partial charge in [0.25, 0.3) is 0 Å². The minimum absolute atomic E-state index is 0.304. The third kappa shape index (κ3) is 3.56. The summed E-state index contributed by atoms with van der Waals surface area (Å²) in [6.07, 6.45) is 0. The lowest BCUT2D eigenvalue weighted by Gasteiger charge is -2.18. The number of anilines is 1. The number of nitrogens with zero attached hydrogens (tertiary/aromatic N) is 5. The van der Waals surface area contributed by atoms with Crippen LogP contribution in [0.2, 0.25) is 5.02 Å². The van der Waals surface area contributed by atoms with E-state index in [1.54, 1.807) is 10.0 Å².